The van der Waals surface area contributed by atoms with Gasteiger partial charge in [0.05, 0.1) is 33.4 Å². The van der Waals surface area contributed by atoms with Gasteiger partial charge in [-0.2, -0.15) is 0 Å². The first-order valence-corrected chi connectivity index (χ1v) is 27.6. The molecule has 7 aromatic carbocycles. The normalized spacial score (nSPS) is 11.6. The average Bonchev–Trinajstić information content (AvgIpc) is 0.863. The minimum absolute atomic E-state index is 0.129. The van der Waals surface area contributed by atoms with Crippen molar-refractivity contribution in [2.45, 2.75) is 145 Å². The predicted octanol–water partition coefficient (Wildman–Crippen LogP) is 15.0. The highest BCUT2D eigenvalue weighted by Gasteiger charge is 2.33. The highest BCUT2D eigenvalue weighted by atomic mass is 16.4. The Balaban J connectivity index is 0.000000242. The molecule has 0 spiro atoms. The topological polar surface area (TPSA) is 305 Å². The summed E-state index contributed by atoms with van der Waals surface area (Å²) < 4.78 is 0. The van der Waals surface area contributed by atoms with Gasteiger partial charge in [0.25, 0.3) is 0 Å². The first kappa shape index (κ1) is 67.4. The van der Waals surface area contributed by atoms with Crippen LogP contribution < -0.4 is 0 Å². The molecule has 16 heteroatoms. The van der Waals surface area contributed by atoms with Gasteiger partial charge < -0.3 is 51.1 Å². The number of benzene rings is 7. The minimum Gasteiger partial charge on any atom is -0.507 e. The highest BCUT2D eigenvalue weighted by Crippen LogP contribution is 2.44. The third kappa shape index (κ3) is 15.1. The number of aryl methyl sites for hydroxylation is 4. The van der Waals surface area contributed by atoms with E-state index in [-0.39, 0.29) is 32.8 Å². The van der Waals surface area contributed by atoms with E-state index >= 15 is 0 Å². The van der Waals surface area contributed by atoms with E-state index in [0.29, 0.717) is 35.8 Å². The second-order valence-corrected chi connectivity index (χ2v) is 25.8. The SMILES string of the molecule is Cc1cc(Cc2cc(C)cc(C(C)(C)C)c2O)c(O)c(C(C)(C)C)c1.Cc1cc(Cc2cc(C)cc(C(C)(C)C)c2O)c(O)c(C(C)(C)C)c1.O=C(O)c1cccc(-c2ccc(C(=O)O)c(C(=O)O)c2-c2cccc(C(=O)O)c2C(=O)O)c1C(=O)O. The summed E-state index contributed by atoms with van der Waals surface area (Å²) in [4.78, 5) is 71.6. The lowest BCUT2D eigenvalue weighted by atomic mass is 9.81. The Labute approximate surface area is 501 Å². The van der Waals surface area contributed by atoms with Gasteiger partial charge in [0.15, 0.2) is 0 Å². The molecule has 0 radical (unpaired) electrons. The van der Waals surface area contributed by atoms with Gasteiger partial charge >= 0.3 is 35.8 Å². The van der Waals surface area contributed by atoms with Crippen LogP contribution in [0.25, 0.3) is 22.3 Å². The van der Waals surface area contributed by atoms with Crippen molar-refractivity contribution in [3.05, 3.63) is 197 Å². The molecule has 454 valence electrons. The molecule has 0 amide bonds. The zero-order valence-corrected chi connectivity index (χ0v) is 51.6. The van der Waals surface area contributed by atoms with Crippen LogP contribution in [0.3, 0.4) is 0 Å². The number of aromatic carboxylic acids is 6. The summed E-state index contributed by atoms with van der Waals surface area (Å²) >= 11 is 0. The molecule has 0 aliphatic carbocycles. The standard InChI is InChI=1S/C24H14O12.2C23H32O2/c25-19(26)12-5-1-3-9(16(12)22(31)32)10-7-8-14(21(29)30)18(24(35)36)15(10)11-4-2-6-13(20(27)28)17(11)23(33)34;2*1-14-9-16(20(24)18(11-14)22(3,4)5)13-17-10-15(2)12-19(21(17)25)23(6,7)8/h1-8H,(H,25,26)(H,27,28)(H,29,30)(H,31,32)(H,33,34)(H,35,36);2*9-12,24-25H,13H2,1-8H3. The zero-order chi connectivity index (χ0) is 65.2. The molecule has 86 heavy (non-hydrogen) atoms. The molecule has 0 aliphatic rings. The van der Waals surface area contributed by atoms with Crippen molar-refractivity contribution < 1.29 is 79.8 Å². The minimum atomic E-state index is -1.84. The largest absolute Gasteiger partial charge is 0.507 e. The average molecular weight is 1180 g/mol. The van der Waals surface area contributed by atoms with Gasteiger partial charge in [0, 0.05) is 18.4 Å². The van der Waals surface area contributed by atoms with Crippen molar-refractivity contribution in [3.63, 3.8) is 0 Å². The summed E-state index contributed by atoms with van der Waals surface area (Å²) in [5.41, 5.74) is 4.54. The highest BCUT2D eigenvalue weighted by molar-refractivity contribution is 6.16. The predicted molar refractivity (Wildman–Crippen MR) is 331 cm³/mol. The molecule has 0 saturated carbocycles. The van der Waals surface area contributed by atoms with Gasteiger partial charge in [-0.3, -0.25) is 0 Å². The van der Waals surface area contributed by atoms with E-state index < -0.39 is 80.3 Å². The molecule has 0 bridgehead atoms. The van der Waals surface area contributed by atoms with Crippen LogP contribution in [0.2, 0.25) is 0 Å². The molecular weight excluding hydrogens is 1100 g/mol. The van der Waals surface area contributed by atoms with Crippen molar-refractivity contribution in [2.24, 2.45) is 0 Å². The Morgan fingerprint density at radius 3 is 0.826 bits per heavy atom. The number of carboxylic acids is 6. The first-order chi connectivity index (χ1) is 39.5. The lowest BCUT2D eigenvalue weighted by molar-refractivity contribution is 0.0650. The Morgan fingerprint density at radius 1 is 0.314 bits per heavy atom. The maximum Gasteiger partial charge on any atom is 0.337 e. The third-order valence-electron chi connectivity index (χ3n) is 14.6. The van der Waals surface area contributed by atoms with Crippen molar-refractivity contribution in [1.82, 2.24) is 0 Å². The summed E-state index contributed by atoms with van der Waals surface area (Å²) in [5, 5.41) is 101. The van der Waals surface area contributed by atoms with Crippen LogP contribution in [0.5, 0.6) is 23.0 Å². The third-order valence-corrected chi connectivity index (χ3v) is 14.6. The van der Waals surface area contributed by atoms with E-state index in [1.165, 1.54) is 0 Å². The summed E-state index contributed by atoms with van der Waals surface area (Å²) in [5.74, 6) is -9.00. The fourth-order valence-corrected chi connectivity index (χ4v) is 10.5. The van der Waals surface area contributed by atoms with Crippen LogP contribution in [-0.2, 0) is 34.5 Å². The fraction of sp³-hybridized carbons (Fsp3) is 0.314. The smallest absolute Gasteiger partial charge is 0.337 e. The molecule has 0 unspecified atom stereocenters. The van der Waals surface area contributed by atoms with Gasteiger partial charge in [-0.15, -0.1) is 0 Å². The Kier molecular flexibility index (Phi) is 19.9. The Morgan fingerprint density at radius 2 is 0.570 bits per heavy atom. The summed E-state index contributed by atoms with van der Waals surface area (Å²) in [7, 11) is 0. The number of aromatic hydroxyl groups is 4. The molecule has 0 fully saturated rings. The number of carbonyl (C=O) groups is 6. The maximum absolute atomic E-state index is 12.3. The zero-order valence-electron chi connectivity index (χ0n) is 51.6. The number of hydrogen-bond acceptors (Lipinski definition) is 10. The molecular formula is C70H78O16. The lowest BCUT2D eigenvalue weighted by Crippen LogP contribution is -2.15. The van der Waals surface area contributed by atoms with Gasteiger partial charge in [0.2, 0.25) is 0 Å². The van der Waals surface area contributed by atoms with Crippen LogP contribution in [0.1, 0.15) is 212 Å². The van der Waals surface area contributed by atoms with E-state index in [1.807, 2.05) is 24.3 Å². The van der Waals surface area contributed by atoms with E-state index in [2.05, 4.69) is 135 Å². The van der Waals surface area contributed by atoms with Crippen molar-refractivity contribution in [3.8, 4) is 45.3 Å². The monoisotopic (exact) mass is 1170 g/mol. The molecule has 0 saturated heterocycles. The second-order valence-electron chi connectivity index (χ2n) is 25.8. The van der Waals surface area contributed by atoms with E-state index in [9.17, 15) is 79.8 Å². The summed E-state index contributed by atoms with van der Waals surface area (Å²) in [6.45, 7) is 33.5. The Hall–Kier alpha value is -9.44. The van der Waals surface area contributed by atoms with Gasteiger partial charge in [-0.25, -0.2) is 28.8 Å². The second kappa shape index (κ2) is 25.4. The molecule has 16 nitrogen and oxygen atoms in total. The number of phenolic OH excluding ortho intramolecular Hbond substituents is 4. The van der Waals surface area contributed by atoms with Crippen LogP contribution in [-0.4, -0.2) is 86.9 Å². The molecule has 0 heterocycles. The molecule has 7 aromatic rings. The van der Waals surface area contributed by atoms with Crippen molar-refractivity contribution >= 4 is 35.8 Å². The molecule has 10 N–H and O–H groups in total. The van der Waals surface area contributed by atoms with Crippen LogP contribution >= 0.6 is 0 Å². The summed E-state index contributed by atoms with van der Waals surface area (Å²) in [6.07, 6.45) is 1.04. The maximum atomic E-state index is 12.3. The van der Waals surface area contributed by atoms with Crippen LogP contribution in [0, 0.1) is 27.7 Å². The fourth-order valence-electron chi connectivity index (χ4n) is 10.5. The molecule has 0 aliphatic heterocycles. The first-order valence-electron chi connectivity index (χ1n) is 27.6. The van der Waals surface area contributed by atoms with E-state index in [1.54, 1.807) is 0 Å². The van der Waals surface area contributed by atoms with Crippen LogP contribution in [0.15, 0.2) is 97.1 Å². The van der Waals surface area contributed by atoms with Crippen LogP contribution in [0.4, 0.5) is 0 Å². The molecule has 0 aromatic heterocycles. The quantitative estimate of drug-likeness (QED) is 0.0544. The molecule has 0 atom stereocenters. The Bertz CT molecular complexity index is 3580. The lowest BCUT2D eigenvalue weighted by Gasteiger charge is -2.25. The van der Waals surface area contributed by atoms with Crippen molar-refractivity contribution in [2.75, 3.05) is 0 Å². The molecule has 7 rings (SSSR count). The number of phenols is 4. The van der Waals surface area contributed by atoms with E-state index in [4.69, 9.17) is 0 Å². The van der Waals surface area contributed by atoms with E-state index in [0.717, 1.165) is 115 Å². The van der Waals surface area contributed by atoms with Crippen molar-refractivity contribution in [1.29, 1.82) is 0 Å². The number of carboxylic acid groups (broad SMARTS) is 6. The number of hydrogen-bond donors (Lipinski definition) is 10. The van der Waals surface area contributed by atoms with Gasteiger partial charge in [0.1, 0.15) is 23.0 Å². The summed E-state index contributed by atoms with van der Waals surface area (Å²) in [6, 6.07) is 24.4. The van der Waals surface area contributed by atoms with Gasteiger partial charge in [-0.05, 0) is 129 Å². The van der Waals surface area contributed by atoms with Gasteiger partial charge in [-0.1, -0.05) is 184 Å². The number of rotatable bonds is 12.